The van der Waals surface area contributed by atoms with Crippen molar-refractivity contribution in [3.8, 4) is 0 Å². The standard InChI is InChI=1S/C20H22N4O2/c1-14-9-7-8-10-16(14)13-23(3)20(26)18-21-15(2)19(25)24(22-18)17-11-5-4-6-12-17/h4-12,15H,13H2,1-3H3,(H,21,22)/t15-/m0/s1. The minimum absolute atomic E-state index is 0.164. The number of amidine groups is 1. The molecule has 0 unspecified atom stereocenters. The fourth-order valence-corrected chi connectivity index (χ4v) is 2.79. The Labute approximate surface area is 153 Å². The molecule has 0 saturated carbocycles. The minimum atomic E-state index is -0.623. The third kappa shape index (κ3) is 3.59. The largest absolute Gasteiger partial charge is 0.335 e. The lowest BCUT2D eigenvalue weighted by atomic mass is 10.1. The van der Waals surface area contributed by atoms with Crippen LogP contribution >= 0.6 is 0 Å². The van der Waals surface area contributed by atoms with E-state index in [1.807, 2.05) is 61.5 Å². The summed E-state index contributed by atoms with van der Waals surface area (Å²) in [6.45, 7) is 4.18. The maximum atomic E-state index is 12.8. The highest BCUT2D eigenvalue weighted by Crippen LogP contribution is 2.17. The predicted molar refractivity (Wildman–Crippen MR) is 102 cm³/mol. The van der Waals surface area contributed by atoms with Crippen molar-refractivity contribution < 1.29 is 9.59 Å². The number of hydrazine groups is 1. The molecular weight excluding hydrogens is 328 g/mol. The molecule has 0 fully saturated rings. The number of anilines is 1. The molecule has 2 aromatic carbocycles. The van der Waals surface area contributed by atoms with Crippen molar-refractivity contribution in [2.24, 2.45) is 4.99 Å². The minimum Gasteiger partial charge on any atom is -0.335 e. The third-order valence-corrected chi connectivity index (χ3v) is 4.35. The summed E-state index contributed by atoms with van der Waals surface area (Å²) < 4.78 is 0. The predicted octanol–water partition coefficient (Wildman–Crippen LogP) is 2.29. The number of benzene rings is 2. The van der Waals surface area contributed by atoms with E-state index < -0.39 is 6.04 Å². The van der Waals surface area contributed by atoms with Crippen molar-refractivity contribution in [3.63, 3.8) is 0 Å². The summed E-state index contributed by atoms with van der Waals surface area (Å²) in [5, 5.41) is 1.38. The summed E-state index contributed by atoms with van der Waals surface area (Å²) >= 11 is 0. The molecule has 1 atom stereocenters. The summed E-state index contributed by atoms with van der Waals surface area (Å²) in [4.78, 5) is 31.1. The van der Waals surface area contributed by atoms with Crippen LogP contribution < -0.4 is 10.4 Å². The van der Waals surface area contributed by atoms with Gasteiger partial charge in [0.05, 0.1) is 5.69 Å². The molecule has 134 valence electrons. The van der Waals surface area contributed by atoms with Crippen LogP contribution in [0.4, 0.5) is 5.69 Å². The van der Waals surface area contributed by atoms with Crippen molar-refractivity contribution in [3.05, 3.63) is 65.7 Å². The van der Waals surface area contributed by atoms with Gasteiger partial charge in [-0.25, -0.2) is 10.0 Å². The van der Waals surface area contributed by atoms with E-state index in [0.29, 0.717) is 12.2 Å². The van der Waals surface area contributed by atoms with E-state index >= 15 is 0 Å². The van der Waals surface area contributed by atoms with E-state index in [9.17, 15) is 9.59 Å². The molecule has 2 amide bonds. The fraction of sp³-hybridized carbons (Fsp3) is 0.250. The van der Waals surface area contributed by atoms with Crippen molar-refractivity contribution in [1.29, 1.82) is 0 Å². The number of nitrogens with one attached hydrogen (secondary N) is 1. The molecular formula is C20H22N4O2. The van der Waals surface area contributed by atoms with Crippen LogP contribution in [0.2, 0.25) is 0 Å². The van der Waals surface area contributed by atoms with Gasteiger partial charge in [-0.05, 0) is 37.1 Å². The van der Waals surface area contributed by atoms with Crippen LogP contribution in [0.15, 0.2) is 59.6 Å². The van der Waals surface area contributed by atoms with Gasteiger partial charge in [-0.1, -0.05) is 42.5 Å². The zero-order valence-corrected chi connectivity index (χ0v) is 15.1. The van der Waals surface area contributed by atoms with Crippen molar-refractivity contribution in [2.45, 2.75) is 26.4 Å². The Bertz CT molecular complexity index is 848. The Balaban J connectivity index is 1.79. The van der Waals surface area contributed by atoms with Gasteiger partial charge in [0, 0.05) is 13.6 Å². The number of carbonyl (C=O) groups excluding carboxylic acids is 2. The molecule has 1 aliphatic heterocycles. The molecule has 0 bridgehead atoms. The molecule has 6 nitrogen and oxygen atoms in total. The average Bonchev–Trinajstić information content (AvgIpc) is 2.65. The summed E-state index contributed by atoms with van der Waals surface area (Å²) in [6, 6.07) is 16.5. The Morgan fingerprint density at radius 2 is 1.81 bits per heavy atom. The molecule has 1 aliphatic rings. The van der Waals surface area contributed by atoms with Crippen LogP contribution in [-0.2, 0) is 16.1 Å². The highest BCUT2D eigenvalue weighted by Gasteiger charge is 2.31. The van der Waals surface area contributed by atoms with E-state index in [0.717, 1.165) is 11.1 Å². The van der Waals surface area contributed by atoms with Crippen LogP contribution in [0.5, 0.6) is 0 Å². The van der Waals surface area contributed by atoms with Gasteiger partial charge in [0.25, 0.3) is 11.8 Å². The summed E-state index contributed by atoms with van der Waals surface area (Å²) in [5.74, 6) is -0.292. The Morgan fingerprint density at radius 3 is 2.50 bits per heavy atom. The SMILES string of the molecule is Cc1ccccc1CN(C)C(=O)C1=N[C@@H](C)C(=O)N(c2ccccc2)N1. The number of hydrogen-bond donors (Lipinski definition) is 1. The quantitative estimate of drug-likeness (QED) is 0.920. The number of nitrogens with zero attached hydrogens (tertiary/aromatic N) is 3. The average molecular weight is 350 g/mol. The van der Waals surface area contributed by atoms with Crippen LogP contribution in [-0.4, -0.2) is 35.6 Å². The monoisotopic (exact) mass is 350 g/mol. The second-order valence-electron chi connectivity index (χ2n) is 6.36. The first-order chi connectivity index (χ1) is 12.5. The van der Waals surface area contributed by atoms with E-state index in [2.05, 4.69) is 10.4 Å². The highest BCUT2D eigenvalue weighted by atomic mass is 16.2. The van der Waals surface area contributed by atoms with Crippen molar-refractivity contribution in [2.75, 3.05) is 12.1 Å². The van der Waals surface area contributed by atoms with E-state index in [-0.39, 0.29) is 17.6 Å². The van der Waals surface area contributed by atoms with Crippen LogP contribution in [0.1, 0.15) is 18.1 Å². The van der Waals surface area contributed by atoms with Crippen molar-refractivity contribution >= 4 is 23.3 Å². The van der Waals surface area contributed by atoms with Gasteiger partial charge < -0.3 is 4.90 Å². The summed E-state index contributed by atoms with van der Waals surface area (Å²) in [6.07, 6.45) is 0. The molecule has 1 heterocycles. The molecule has 0 aliphatic carbocycles. The highest BCUT2D eigenvalue weighted by molar-refractivity contribution is 6.39. The van der Waals surface area contributed by atoms with Crippen molar-refractivity contribution in [1.82, 2.24) is 10.3 Å². The maximum Gasteiger partial charge on any atom is 0.290 e. The Hall–Kier alpha value is -3.15. The molecule has 0 radical (unpaired) electrons. The second-order valence-corrected chi connectivity index (χ2v) is 6.36. The fourth-order valence-electron chi connectivity index (χ4n) is 2.79. The third-order valence-electron chi connectivity index (χ3n) is 4.35. The lowest BCUT2D eigenvalue weighted by Gasteiger charge is -2.31. The molecule has 3 rings (SSSR count). The Morgan fingerprint density at radius 1 is 1.15 bits per heavy atom. The maximum absolute atomic E-state index is 12.8. The Kier molecular flexibility index (Phi) is 5.02. The van der Waals surface area contributed by atoms with Crippen LogP contribution in [0, 0.1) is 6.92 Å². The van der Waals surface area contributed by atoms with Gasteiger partial charge in [-0.15, -0.1) is 0 Å². The number of carbonyl (C=O) groups is 2. The van der Waals surface area contributed by atoms with Gasteiger partial charge in [0.1, 0.15) is 6.04 Å². The lowest BCUT2D eigenvalue weighted by molar-refractivity contribution is -0.124. The summed E-state index contributed by atoms with van der Waals surface area (Å²) in [7, 11) is 1.73. The zero-order valence-electron chi connectivity index (χ0n) is 15.1. The second kappa shape index (κ2) is 7.39. The van der Waals surface area contributed by atoms with E-state index in [4.69, 9.17) is 0 Å². The van der Waals surface area contributed by atoms with Gasteiger partial charge in [-0.2, -0.15) is 0 Å². The summed E-state index contributed by atoms with van der Waals surface area (Å²) in [5.41, 5.74) is 5.74. The smallest absolute Gasteiger partial charge is 0.290 e. The number of amides is 2. The topological polar surface area (TPSA) is 65.0 Å². The number of para-hydroxylation sites is 1. The number of rotatable bonds is 4. The van der Waals surface area contributed by atoms with Crippen LogP contribution in [0.3, 0.4) is 0 Å². The van der Waals surface area contributed by atoms with Crippen LogP contribution in [0.25, 0.3) is 0 Å². The van der Waals surface area contributed by atoms with Gasteiger partial charge in [-0.3, -0.25) is 15.0 Å². The molecule has 6 heteroatoms. The molecule has 1 N–H and O–H groups in total. The zero-order chi connectivity index (χ0) is 18.7. The first-order valence-corrected chi connectivity index (χ1v) is 8.51. The van der Waals surface area contributed by atoms with Gasteiger partial charge >= 0.3 is 0 Å². The lowest BCUT2D eigenvalue weighted by Crippen LogP contribution is -2.58. The molecule has 26 heavy (non-hydrogen) atoms. The molecule has 0 saturated heterocycles. The van der Waals surface area contributed by atoms with Gasteiger partial charge in [0.15, 0.2) is 0 Å². The number of likely N-dealkylation sites (N-methyl/N-ethyl adjacent to an activating group) is 1. The van der Waals surface area contributed by atoms with E-state index in [1.54, 1.807) is 18.9 Å². The number of hydrogen-bond acceptors (Lipinski definition) is 4. The molecule has 0 spiro atoms. The number of aliphatic imine (C=N–C) groups is 1. The van der Waals surface area contributed by atoms with E-state index in [1.165, 1.54) is 5.01 Å². The van der Waals surface area contributed by atoms with Gasteiger partial charge in [0.2, 0.25) is 5.84 Å². The molecule has 0 aromatic heterocycles. The molecule has 2 aromatic rings. The first-order valence-electron chi connectivity index (χ1n) is 8.51. The normalized spacial score (nSPS) is 16.7. The first kappa shape index (κ1) is 17.7. The number of aryl methyl sites for hydroxylation is 1.